The van der Waals surface area contributed by atoms with Gasteiger partial charge in [-0.2, -0.15) is 0 Å². The van der Waals surface area contributed by atoms with Crippen molar-refractivity contribution < 1.29 is 15.0 Å². The van der Waals surface area contributed by atoms with Gasteiger partial charge in [-0.05, 0) is 30.7 Å². The summed E-state index contributed by atoms with van der Waals surface area (Å²) in [5.41, 5.74) is 13.2. The molecule has 1 amide bonds. The molecule has 1 heterocycles. The first-order valence-electron chi connectivity index (χ1n) is 5.70. The van der Waals surface area contributed by atoms with E-state index in [0.717, 1.165) is 5.56 Å². The second-order valence-electron chi connectivity index (χ2n) is 4.60. The highest BCUT2D eigenvalue weighted by atomic mass is 16.3. The average molecular weight is 251 g/mol. The summed E-state index contributed by atoms with van der Waals surface area (Å²) < 4.78 is 0. The van der Waals surface area contributed by atoms with Crippen molar-refractivity contribution in [3.63, 3.8) is 0 Å². The van der Waals surface area contributed by atoms with Gasteiger partial charge < -0.3 is 26.6 Å². The van der Waals surface area contributed by atoms with Crippen LogP contribution >= 0.6 is 0 Å². The van der Waals surface area contributed by atoms with E-state index in [4.69, 9.17) is 11.5 Å². The Morgan fingerprint density at radius 3 is 2.67 bits per heavy atom. The molecule has 18 heavy (non-hydrogen) atoms. The molecule has 0 aliphatic carbocycles. The molecule has 2 rings (SSSR count). The minimum atomic E-state index is -1.17. The largest absolute Gasteiger partial charge is 0.399 e. The number of amides is 1. The van der Waals surface area contributed by atoms with Crippen LogP contribution in [0.25, 0.3) is 0 Å². The Kier molecular flexibility index (Phi) is 3.14. The molecule has 6 heteroatoms. The summed E-state index contributed by atoms with van der Waals surface area (Å²) in [6, 6.07) is 4.35. The number of carbonyl (C=O) groups excluding carboxylic acids is 1. The molecule has 0 bridgehead atoms. The number of hydrogen-bond acceptors (Lipinski definition) is 5. The molecule has 3 unspecified atom stereocenters. The van der Waals surface area contributed by atoms with E-state index in [0.29, 0.717) is 11.4 Å². The summed E-state index contributed by atoms with van der Waals surface area (Å²) >= 11 is 0. The Hall–Kier alpha value is -1.79. The normalized spacial score (nSPS) is 27.5. The van der Waals surface area contributed by atoms with Crippen LogP contribution in [0.5, 0.6) is 0 Å². The van der Waals surface area contributed by atoms with Crippen molar-refractivity contribution in [3.8, 4) is 0 Å². The first kappa shape index (κ1) is 12.7. The second kappa shape index (κ2) is 4.47. The molecule has 1 aliphatic rings. The van der Waals surface area contributed by atoms with Gasteiger partial charge in [0, 0.05) is 17.9 Å². The van der Waals surface area contributed by atoms with E-state index in [1.807, 2.05) is 6.92 Å². The minimum Gasteiger partial charge on any atom is -0.399 e. The Labute approximate surface area is 105 Å². The van der Waals surface area contributed by atoms with Crippen LogP contribution in [-0.2, 0) is 4.79 Å². The van der Waals surface area contributed by atoms with E-state index in [1.54, 1.807) is 23.1 Å². The highest BCUT2D eigenvalue weighted by Gasteiger charge is 2.43. The number of benzene rings is 1. The lowest BCUT2D eigenvalue weighted by Crippen LogP contribution is -2.46. The second-order valence-corrected chi connectivity index (χ2v) is 4.60. The van der Waals surface area contributed by atoms with Gasteiger partial charge in [-0.25, -0.2) is 0 Å². The van der Waals surface area contributed by atoms with Gasteiger partial charge in [0.1, 0.15) is 12.1 Å². The maximum Gasteiger partial charge on any atom is 0.242 e. The summed E-state index contributed by atoms with van der Waals surface area (Å²) in [7, 11) is 0. The molecule has 1 saturated heterocycles. The van der Waals surface area contributed by atoms with Gasteiger partial charge in [0.2, 0.25) is 5.91 Å². The van der Waals surface area contributed by atoms with Crippen molar-refractivity contribution in [2.24, 2.45) is 5.73 Å². The zero-order valence-corrected chi connectivity index (χ0v) is 10.1. The third-order valence-electron chi connectivity index (χ3n) is 3.31. The average Bonchev–Trinajstić information content (AvgIpc) is 2.59. The topological polar surface area (TPSA) is 113 Å². The fourth-order valence-corrected chi connectivity index (χ4v) is 2.24. The summed E-state index contributed by atoms with van der Waals surface area (Å²) in [5.74, 6) is -0.659. The summed E-state index contributed by atoms with van der Waals surface area (Å²) in [4.78, 5) is 13.0. The van der Waals surface area contributed by atoms with Gasteiger partial charge in [-0.1, -0.05) is 0 Å². The first-order valence-corrected chi connectivity index (χ1v) is 5.70. The Morgan fingerprint density at radius 1 is 1.44 bits per heavy atom. The molecular weight excluding hydrogens is 234 g/mol. The fourth-order valence-electron chi connectivity index (χ4n) is 2.24. The highest BCUT2D eigenvalue weighted by molar-refractivity contribution is 5.85. The van der Waals surface area contributed by atoms with Crippen molar-refractivity contribution in [2.75, 3.05) is 17.2 Å². The van der Waals surface area contributed by atoms with Gasteiger partial charge in [0.15, 0.2) is 0 Å². The Morgan fingerprint density at radius 2 is 2.11 bits per heavy atom. The maximum atomic E-state index is 11.4. The summed E-state index contributed by atoms with van der Waals surface area (Å²) in [5, 5.41) is 19.4. The van der Waals surface area contributed by atoms with Crippen molar-refractivity contribution in [1.82, 2.24) is 0 Å². The standard InChI is InChI=1S/C12H17N3O3/c1-6-4-7(2-3-8(6)13)15-5-9(16)11(17)10(15)12(14)18/h2-4,9-11,16-17H,5,13H2,1H3,(H2,14,18). The van der Waals surface area contributed by atoms with Gasteiger partial charge >= 0.3 is 0 Å². The number of nitrogens with two attached hydrogens (primary N) is 2. The molecule has 6 N–H and O–H groups in total. The number of hydrogen-bond donors (Lipinski definition) is 4. The predicted octanol–water partition coefficient (Wildman–Crippen LogP) is -1.03. The van der Waals surface area contributed by atoms with E-state index in [1.165, 1.54) is 0 Å². The quantitative estimate of drug-likeness (QED) is 0.502. The molecule has 0 radical (unpaired) electrons. The van der Waals surface area contributed by atoms with E-state index in [2.05, 4.69) is 0 Å². The Bertz CT molecular complexity index is 478. The van der Waals surface area contributed by atoms with E-state index < -0.39 is 24.2 Å². The number of nitrogens with zero attached hydrogens (tertiary/aromatic N) is 1. The van der Waals surface area contributed by atoms with Crippen molar-refractivity contribution in [2.45, 2.75) is 25.2 Å². The summed E-state index contributed by atoms with van der Waals surface area (Å²) in [6.45, 7) is 2.01. The maximum absolute atomic E-state index is 11.4. The van der Waals surface area contributed by atoms with Crippen LogP contribution in [0, 0.1) is 6.92 Å². The third kappa shape index (κ3) is 2.00. The third-order valence-corrected chi connectivity index (χ3v) is 3.31. The number of aliphatic hydroxyl groups excluding tert-OH is 2. The number of nitrogen functional groups attached to an aromatic ring is 1. The van der Waals surface area contributed by atoms with Gasteiger partial charge in [0.05, 0.1) is 6.10 Å². The van der Waals surface area contributed by atoms with E-state index in [-0.39, 0.29) is 6.54 Å². The number of rotatable bonds is 2. The monoisotopic (exact) mass is 251 g/mol. The number of anilines is 2. The number of aliphatic hydroxyl groups is 2. The molecule has 98 valence electrons. The van der Waals surface area contributed by atoms with Crippen LogP contribution in [0.1, 0.15) is 5.56 Å². The van der Waals surface area contributed by atoms with Crippen LogP contribution < -0.4 is 16.4 Å². The van der Waals surface area contributed by atoms with Crippen molar-refractivity contribution in [3.05, 3.63) is 23.8 Å². The van der Waals surface area contributed by atoms with Crippen LogP contribution in [0.2, 0.25) is 0 Å². The lowest BCUT2D eigenvalue weighted by Gasteiger charge is -2.25. The number of aryl methyl sites for hydroxylation is 1. The SMILES string of the molecule is Cc1cc(N2CC(O)C(O)C2C(N)=O)ccc1N. The molecule has 1 fully saturated rings. The minimum absolute atomic E-state index is 0.165. The molecule has 1 aromatic rings. The van der Waals surface area contributed by atoms with Gasteiger partial charge in [-0.3, -0.25) is 4.79 Å². The zero-order chi connectivity index (χ0) is 13.4. The van der Waals surface area contributed by atoms with E-state index in [9.17, 15) is 15.0 Å². The smallest absolute Gasteiger partial charge is 0.242 e. The van der Waals surface area contributed by atoms with E-state index >= 15 is 0 Å². The molecular formula is C12H17N3O3. The van der Waals surface area contributed by atoms with Crippen LogP contribution in [0.3, 0.4) is 0 Å². The first-order chi connectivity index (χ1) is 8.41. The van der Waals surface area contributed by atoms with Crippen molar-refractivity contribution >= 4 is 17.3 Å². The molecule has 6 nitrogen and oxygen atoms in total. The van der Waals surface area contributed by atoms with Gasteiger partial charge in [0.25, 0.3) is 0 Å². The van der Waals surface area contributed by atoms with Crippen LogP contribution in [-0.4, -0.2) is 40.9 Å². The fraction of sp³-hybridized carbons (Fsp3) is 0.417. The number of β-amino-alcohol motifs (C(OH)–C–C–N with tert-alkyl or cyclic N) is 1. The highest BCUT2D eigenvalue weighted by Crippen LogP contribution is 2.28. The Balaban J connectivity index is 2.36. The predicted molar refractivity (Wildman–Crippen MR) is 67.9 cm³/mol. The molecule has 0 aromatic heterocycles. The zero-order valence-electron chi connectivity index (χ0n) is 10.1. The molecule has 0 spiro atoms. The lowest BCUT2D eigenvalue weighted by molar-refractivity contribution is -0.121. The lowest BCUT2D eigenvalue weighted by atomic mass is 10.1. The van der Waals surface area contributed by atoms with Crippen LogP contribution in [0.4, 0.5) is 11.4 Å². The van der Waals surface area contributed by atoms with Gasteiger partial charge in [-0.15, -0.1) is 0 Å². The summed E-state index contributed by atoms with van der Waals surface area (Å²) in [6.07, 6.45) is -2.15. The molecule has 1 aliphatic heterocycles. The number of carbonyl (C=O) groups is 1. The van der Waals surface area contributed by atoms with Crippen LogP contribution in [0.15, 0.2) is 18.2 Å². The number of primary amides is 1. The van der Waals surface area contributed by atoms with Crippen molar-refractivity contribution in [1.29, 1.82) is 0 Å². The molecule has 3 atom stereocenters. The molecule has 1 aromatic carbocycles. The molecule has 0 saturated carbocycles.